The van der Waals surface area contributed by atoms with Crippen molar-refractivity contribution in [2.75, 3.05) is 6.61 Å². The average molecular weight is 143 g/mol. The molecule has 0 aliphatic carbocycles. The lowest BCUT2D eigenvalue weighted by atomic mass is 9.91. The molecule has 0 spiro atoms. The highest BCUT2D eigenvalue weighted by molar-refractivity contribution is 5.86. The smallest absolute Gasteiger partial charge is 0.114 e. The summed E-state index contributed by atoms with van der Waals surface area (Å²) in [6.45, 7) is 10.9. The van der Waals surface area contributed by atoms with Crippen LogP contribution >= 0.6 is 0 Å². The first kappa shape index (κ1) is 9.47. The second-order valence-electron chi connectivity index (χ2n) is 3.34. The lowest BCUT2D eigenvalue weighted by Gasteiger charge is -2.16. The Bertz CT molecular complexity index is 122. The highest BCUT2D eigenvalue weighted by Crippen LogP contribution is 2.15. The molecule has 0 N–H and O–H groups in total. The van der Waals surface area contributed by atoms with E-state index in [2.05, 4.69) is 25.9 Å². The van der Waals surface area contributed by atoms with E-state index in [0.717, 1.165) is 5.71 Å². The fourth-order valence-electron chi connectivity index (χ4n) is 0.298. The van der Waals surface area contributed by atoms with E-state index in [9.17, 15) is 0 Å². The molecule has 0 amide bonds. The minimum absolute atomic E-state index is 0.134. The van der Waals surface area contributed by atoms with E-state index < -0.39 is 0 Å². The number of rotatable bonds is 2. The Morgan fingerprint density at radius 3 is 2.20 bits per heavy atom. The molecular formula is C8H17NO. The van der Waals surface area contributed by atoms with Crippen molar-refractivity contribution in [3.63, 3.8) is 0 Å². The minimum Gasteiger partial charge on any atom is -0.396 e. The highest BCUT2D eigenvalue weighted by Gasteiger charge is 2.14. The van der Waals surface area contributed by atoms with Gasteiger partial charge in [0.15, 0.2) is 0 Å². The molecule has 0 atom stereocenters. The Kier molecular flexibility index (Phi) is 3.40. The third-order valence-corrected chi connectivity index (χ3v) is 1.42. The zero-order valence-electron chi connectivity index (χ0n) is 7.56. The van der Waals surface area contributed by atoms with Gasteiger partial charge in [0.05, 0.1) is 5.71 Å². The van der Waals surface area contributed by atoms with Crippen LogP contribution in [-0.2, 0) is 4.84 Å². The largest absolute Gasteiger partial charge is 0.396 e. The van der Waals surface area contributed by atoms with Crippen LogP contribution in [0, 0.1) is 5.41 Å². The molecule has 0 aliphatic heterocycles. The van der Waals surface area contributed by atoms with Gasteiger partial charge in [0, 0.05) is 5.41 Å². The number of hydrogen-bond acceptors (Lipinski definition) is 2. The Morgan fingerprint density at radius 2 is 1.90 bits per heavy atom. The fraction of sp³-hybridized carbons (Fsp3) is 0.875. The molecule has 0 aromatic carbocycles. The summed E-state index contributed by atoms with van der Waals surface area (Å²) in [7, 11) is 0. The second-order valence-corrected chi connectivity index (χ2v) is 3.34. The molecule has 0 rings (SSSR count). The molecule has 10 heavy (non-hydrogen) atoms. The maximum absolute atomic E-state index is 4.91. The first-order chi connectivity index (χ1) is 4.48. The van der Waals surface area contributed by atoms with Crippen LogP contribution in [-0.4, -0.2) is 12.3 Å². The van der Waals surface area contributed by atoms with E-state index in [-0.39, 0.29) is 5.41 Å². The third-order valence-electron chi connectivity index (χ3n) is 1.42. The van der Waals surface area contributed by atoms with Crippen molar-refractivity contribution in [3.8, 4) is 0 Å². The second kappa shape index (κ2) is 3.59. The summed E-state index contributed by atoms with van der Waals surface area (Å²) in [6, 6.07) is 0. The van der Waals surface area contributed by atoms with Crippen molar-refractivity contribution in [2.45, 2.75) is 34.6 Å². The maximum atomic E-state index is 4.91. The molecule has 0 unspecified atom stereocenters. The van der Waals surface area contributed by atoms with Gasteiger partial charge in [0.2, 0.25) is 0 Å². The summed E-state index contributed by atoms with van der Waals surface area (Å²) < 4.78 is 0. The predicted molar refractivity (Wildman–Crippen MR) is 44.2 cm³/mol. The van der Waals surface area contributed by atoms with Crippen molar-refractivity contribution in [1.29, 1.82) is 0 Å². The molecule has 0 aliphatic rings. The van der Waals surface area contributed by atoms with Gasteiger partial charge < -0.3 is 4.84 Å². The molecule has 60 valence electrons. The molecule has 0 bridgehead atoms. The van der Waals surface area contributed by atoms with Crippen LogP contribution in [0.15, 0.2) is 5.16 Å². The SMILES string of the molecule is CCO/N=C(\C)C(C)(C)C. The predicted octanol–water partition coefficient (Wildman–Crippen LogP) is 2.44. The van der Waals surface area contributed by atoms with E-state index in [1.54, 1.807) is 0 Å². The Hall–Kier alpha value is -0.530. The van der Waals surface area contributed by atoms with Gasteiger partial charge in [0.1, 0.15) is 6.61 Å². The molecule has 0 aromatic rings. The van der Waals surface area contributed by atoms with Crippen LogP contribution in [0.5, 0.6) is 0 Å². The van der Waals surface area contributed by atoms with Crippen LogP contribution in [0.25, 0.3) is 0 Å². The molecule has 0 radical (unpaired) electrons. The molecule has 0 saturated heterocycles. The molecule has 0 saturated carbocycles. The monoisotopic (exact) mass is 143 g/mol. The van der Waals surface area contributed by atoms with E-state index in [1.165, 1.54) is 0 Å². The van der Waals surface area contributed by atoms with Crippen molar-refractivity contribution in [3.05, 3.63) is 0 Å². The standard InChI is InChI=1S/C8H17NO/c1-6-10-9-7(2)8(3,4)5/h6H2,1-5H3/b9-7+. The number of oxime groups is 1. The quantitative estimate of drug-likeness (QED) is 0.430. The van der Waals surface area contributed by atoms with Gasteiger partial charge in [-0.3, -0.25) is 0 Å². The van der Waals surface area contributed by atoms with E-state index in [1.807, 2.05) is 13.8 Å². The topological polar surface area (TPSA) is 21.6 Å². The first-order valence-electron chi connectivity index (χ1n) is 3.65. The molecule has 2 heteroatoms. The van der Waals surface area contributed by atoms with Crippen LogP contribution < -0.4 is 0 Å². The fourth-order valence-corrected chi connectivity index (χ4v) is 0.298. The van der Waals surface area contributed by atoms with E-state index in [4.69, 9.17) is 4.84 Å². The average Bonchev–Trinajstić information content (AvgIpc) is 1.80. The minimum atomic E-state index is 0.134. The molecule has 0 fully saturated rings. The van der Waals surface area contributed by atoms with Crippen LogP contribution in [0.3, 0.4) is 0 Å². The van der Waals surface area contributed by atoms with E-state index in [0.29, 0.717) is 6.61 Å². The van der Waals surface area contributed by atoms with Gasteiger partial charge >= 0.3 is 0 Å². The van der Waals surface area contributed by atoms with Gasteiger partial charge in [-0.25, -0.2) is 0 Å². The Balaban J connectivity index is 3.93. The number of nitrogens with zero attached hydrogens (tertiary/aromatic N) is 1. The van der Waals surface area contributed by atoms with Gasteiger partial charge in [-0.05, 0) is 13.8 Å². The van der Waals surface area contributed by atoms with Gasteiger partial charge in [-0.15, -0.1) is 0 Å². The van der Waals surface area contributed by atoms with Crippen molar-refractivity contribution >= 4 is 5.71 Å². The lowest BCUT2D eigenvalue weighted by Crippen LogP contribution is -2.16. The number of hydrogen-bond donors (Lipinski definition) is 0. The molecule has 0 aromatic heterocycles. The van der Waals surface area contributed by atoms with Crippen molar-refractivity contribution in [1.82, 2.24) is 0 Å². The van der Waals surface area contributed by atoms with Gasteiger partial charge in [0.25, 0.3) is 0 Å². The summed E-state index contributed by atoms with van der Waals surface area (Å²) in [5.41, 5.74) is 1.17. The molecule has 0 heterocycles. The van der Waals surface area contributed by atoms with Crippen LogP contribution in [0.2, 0.25) is 0 Å². The Labute approximate surface area is 63.3 Å². The summed E-state index contributed by atoms with van der Waals surface area (Å²) >= 11 is 0. The maximum Gasteiger partial charge on any atom is 0.114 e. The third kappa shape index (κ3) is 3.49. The van der Waals surface area contributed by atoms with E-state index >= 15 is 0 Å². The van der Waals surface area contributed by atoms with Crippen molar-refractivity contribution in [2.24, 2.45) is 10.6 Å². The zero-order chi connectivity index (χ0) is 8.20. The van der Waals surface area contributed by atoms with Crippen LogP contribution in [0.4, 0.5) is 0 Å². The summed E-state index contributed by atoms with van der Waals surface area (Å²) in [5.74, 6) is 0. The van der Waals surface area contributed by atoms with Crippen molar-refractivity contribution < 1.29 is 4.84 Å². The lowest BCUT2D eigenvalue weighted by molar-refractivity contribution is 0.155. The summed E-state index contributed by atoms with van der Waals surface area (Å²) in [5, 5.41) is 3.93. The highest BCUT2D eigenvalue weighted by atomic mass is 16.6. The zero-order valence-corrected chi connectivity index (χ0v) is 7.56. The van der Waals surface area contributed by atoms with Crippen LogP contribution in [0.1, 0.15) is 34.6 Å². The Morgan fingerprint density at radius 1 is 1.40 bits per heavy atom. The molecule has 2 nitrogen and oxygen atoms in total. The first-order valence-corrected chi connectivity index (χ1v) is 3.65. The summed E-state index contributed by atoms with van der Waals surface area (Å²) in [6.07, 6.45) is 0. The van der Waals surface area contributed by atoms with Gasteiger partial charge in [-0.2, -0.15) is 0 Å². The van der Waals surface area contributed by atoms with Gasteiger partial charge in [-0.1, -0.05) is 25.9 Å². The summed E-state index contributed by atoms with van der Waals surface area (Å²) in [4.78, 5) is 4.91. The molecular weight excluding hydrogens is 126 g/mol. The normalized spacial score (nSPS) is 13.5.